The van der Waals surface area contributed by atoms with Gasteiger partial charge in [-0.25, -0.2) is 4.70 Å². The van der Waals surface area contributed by atoms with Crippen molar-refractivity contribution in [2.24, 2.45) is 0 Å². The molecule has 0 aromatic heterocycles. The zero-order valence-electron chi connectivity index (χ0n) is 20.0. The molecule has 0 spiro atoms. The van der Waals surface area contributed by atoms with Gasteiger partial charge in [-0.1, -0.05) is 20.3 Å². The minimum atomic E-state index is 0.907. The molecule has 1 aliphatic rings. The lowest BCUT2D eigenvalue weighted by molar-refractivity contribution is -0.345. The first-order valence-corrected chi connectivity index (χ1v) is 11.3. The topological polar surface area (TPSA) is 25.3 Å². The van der Waals surface area contributed by atoms with Crippen LogP contribution in [0.1, 0.15) is 84.0 Å². The Hall–Kier alpha value is -2.48. The number of nitrogens with zero attached hydrogens (tertiary/aromatic N) is 2. The average molecular weight is 401 g/mol. The van der Waals surface area contributed by atoms with E-state index in [4.69, 9.17) is 0 Å². The number of unbranched alkanes of at least 4 members (excludes halogenated alkanes) is 1. The second kappa shape index (κ2) is 8.71. The molecular weight excluding hydrogens is 364 g/mol. The molecule has 0 bridgehead atoms. The van der Waals surface area contributed by atoms with Crippen molar-refractivity contribution in [3.63, 3.8) is 0 Å². The van der Waals surface area contributed by atoms with Crippen LogP contribution in [-0.4, -0.2) is 4.70 Å². The number of aryl methyl sites for hydroxylation is 4. The fourth-order valence-electron chi connectivity index (χ4n) is 4.59. The van der Waals surface area contributed by atoms with Crippen LogP contribution in [0.3, 0.4) is 0 Å². The molecule has 0 saturated heterocycles. The molecule has 30 heavy (non-hydrogen) atoms. The van der Waals surface area contributed by atoms with Crippen LogP contribution in [0, 0.1) is 41.5 Å². The number of rotatable bonds is 6. The molecule has 0 saturated carbocycles. The lowest BCUT2D eigenvalue weighted by Crippen LogP contribution is -2.04. The maximum Gasteiger partial charge on any atom is 0.211 e. The third kappa shape index (κ3) is 3.80. The normalized spacial score (nSPS) is 14.3. The lowest BCUT2D eigenvalue weighted by atomic mass is 9.91. The first-order valence-electron chi connectivity index (χ1n) is 11.3. The van der Waals surface area contributed by atoms with Gasteiger partial charge in [-0.05, 0) is 118 Å². The number of hydrogen-bond acceptors (Lipinski definition) is 0. The second-order valence-corrected chi connectivity index (χ2v) is 8.89. The molecule has 0 amide bonds. The molecule has 1 heterocycles. The van der Waals surface area contributed by atoms with Crippen molar-refractivity contribution in [1.29, 1.82) is 0 Å². The maximum absolute atomic E-state index is 11.5. The smallest absolute Gasteiger partial charge is 0.211 e. The van der Waals surface area contributed by atoms with E-state index in [-0.39, 0.29) is 0 Å². The first-order chi connectivity index (χ1) is 14.2. The highest BCUT2D eigenvalue weighted by Crippen LogP contribution is 2.44. The van der Waals surface area contributed by atoms with E-state index in [0.717, 1.165) is 48.2 Å². The molecule has 0 atom stereocenters. The minimum absolute atomic E-state index is 0.907. The Balaban J connectivity index is 2.24. The van der Waals surface area contributed by atoms with Gasteiger partial charge < -0.3 is 5.53 Å². The zero-order valence-corrected chi connectivity index (χ0v) is 20.0. The van der Waals surface area contributed by atoms with Crippen molar-refractivity contribution in [2.45, 2.75) is 81.1 Å². The number of hydrogen-bond donors (Lipinski definition) is 0. The molecular formula is C28H36N2. The summed E-state index contributed by atoms with van der Waals surface area (Å²) >= 11 is 0. The van der Waals surface area contributed by atoms with Crippen LogP contribution < -0.4 is 0 Å². The number of benzene rings is 2. The molecule has 1 aliphatic heterocycles. The van der Waals surface area contributed by atoms with Crippen LogP contribution in [0.5, 0.6) is 0 Å². The Morgan fingerprint density at radius 3 is 1.43 bits per heavy atom. The van der Waals surface area contributed by atoms with Crippen molar-refractivity contribution >= 4 is 11.4 Å². The summed E-state index contributed by atoms with van der Waals surface area (Å²) in [5.74, 6) is 0. The average Bonchev–Trinajstić information content (AvgIpc) is 2.99. The van der Waals surface area contributed by atoms with E-state index in [9.17, 15) is 5.53 Å². The molecule has 2 aromatic carbocycles. The predicted molar refractivity (Wildman–Crippen MR) is 129 cm³/mol. The molecule has 0 N–H and O–H groups in total. The van der Waals surface area contributed by atoms with Gasteiger partial charge in [0, 0.05) is 22.3 Å². The van der Waals surface area contributed by atoms with Crippen LogP contribution in [-0.2, 0) is 0 Å². The van der Waals surface area contributed by atoms with E-state index in [0.29, 0.717) is 0 Å². The molecule has 158 valence electrons. The standard InChI is InChI=1S/C28H36N2/c1-9-11-12-26-25(10-2)27(23-13-17(3)21(7)18(4)14-23)30(29)28(26)24-15-19(5)22(8)20(6)16-24/h13-16H,9-12H2,1-8H3. The van der Waals surface area contributed by atoms with Gasteiger partial charge in [-0.15, -0.1) is 0 Å². The van der Waals surface area contributed by atoms with Crippen LogP contribution in [0.2, 0.25) is 0 Å². The lowest BCUT2D eigenvalue weighted by Gasteiger charge is -2.14. The van der Waals surface area contributed by atoms with Crippen molar-refractivity contribution in [3.05, 3.63) is 85.5 Å². The summed E-state index contributed by atoms with van der Waals surface area (Å²) in [6.45, 7) is 17.4. The SMILES string of the molecule is CCCCC1=C(c2cc(C)c(C)c(C)c2)[N+](=[N-])C(c2cc(C)c(C)c(C)c2)=C1CC. The van der Waals surface area contributed by atoms with Crippen molar-refractivity contribution in [2.75, 3.05) is 0 Å². The second-order valence-electron chi connectivity index (χ2n) is 8.89. The molecule has 0 fully saturated rings. The van der Waals surface area contributed by atoms with Crippen LogP contribution in [0.25, 0.3) is 16.9 Å². The Morgan fingerprint density at radius 1 is 0.667 bits per heavy atom. The molecule has 2 aromatic rings. The fourth-order valence-corrected chi connectivity index (χ4v) is 4.59. The van der Waals surface area contributed by atoms with E-state index < -0.39 is 0 Å². The van der Waals surface area contributed by atoms with Gasteiger partial charge in [0.25, 0.3) is 0 Å². The summed E-state index contributed by atoms with van der Waals surface area (Å²) < 4.78 is 1.48. The highest BCUT2D eigenvalue weighted by molar-refractivity contribution is 5.82. The Kier molecular flexibility index (Phi) is 6.45. The van der Waals surface area contributed by atoms with Gasteiger partial charge in [0.1, 0.15) is 0 Å². The van der Waals surface area contributed by atoms with Gasteiger partial charge in [-0.3, -0.25) is 0 Å². The Bertz CT molecular complexity index is 1030. The highest BCUT2D eigenvalue weighted by atomic mass is 15.2. The van der Waals surface area contributed by atoms with Gasteiger partial charge in [0.05, 0.1) is 0 Å². The zero-order chi connectivity index (χ0) is 22.2. The predicted octanol–water partition coefficient (Wildman–Crippen LogP) is 8.31. The Morgan fingerprint density at radius 2 is 1.07 bits per heavy atom. The van der Waals surface area contributed by atoms with E-state index in [1.165, 1.54) is 49.2 Å². The Labute approximate surface area is 182 Å². The van der Waals surface area contributed by atoms with Crippen molar-refractivity contribution in [3.8, 4) is 0 Å². The van der Waals surface area contributed by atoms with Crippen LogP contribution >= 0.6 is 0 Å². The highest BCUT2D eigenvalue weighted by Gasteiger charge is 2.35. The third-order valence-electron chi connectivity index (χ3n) is 6.89. The van der Waals surface area contributed by atoms with Gasteiger partial charge in [0.15, 0.2) is 0 Å². The van der Waals surface area contributed by atoms with Gasteiger partial charge in [0.2, 0.25) is 11.4 Å². The summed E-state index contributed by atoms with van der Waals surface area (Å²) in [6.07, 6.45) is 4.17. The van der Waals surface area contributed by atoms with E-state index in [1.54, 1.807) is 0 Å². The summed E-state index contributed by atoms with van der Waals surface area (Å²) in [7, 11) is 0. The summed E-state index contributed by atoms with van der Waals surface area (Å²) in [5.41, 5.74) is 26.0. The molecule has 2 nitrogen and oxygen atoms in total. The number of allylic oxidation sites excluding steroid dienone is 2. The minimum Gasteiger partial charge on any atom is -0.493 e. The fraction of sp³-hybridized carbons (Fsp3) is 0.429. The van der Waals surface area contributed by atoms with Crippen molar-refractivity contribution in [1.82, 2.24) is 0 Å². The van der Waals surface area contributed by atoms with E-state index >= 15 is 0 Å². The largest absolute Gasteiger partial charge is 0.493 e. The quantitative estimate of drug-likeness (QED) is 0.436. The monoisotopic (exact) mass is 400 g/mol. The van der Waals surface area contributed by atoms with Crippen LogP contribution in [0.15, 0.2) is 35.4 Å². The van der Waals surface area contributed by atoms with Crippen LogP contribution in [0.4, 0.5) is 0 Å². The molecule has 2 heteroatoms. The summed E-state index contributed by atoms with van der Waals surface area (Å²) in [4.78, 5) is 0. The van der Waals surface area contributed by atoms with Crippen molar-refractivity contribution < 1.29 is 4.70 Å². The maximum atomic E-state index is 11.5. The molecule has 3 rings (SSSR count). The molecule has 0 radical (unpaired) electrons. The van der Waals surface area contributed by atoms with E-state index in [1.807, 2.05) is 0 Å². The van der Waals surface area contributed by atoms with Gasteiger partial charge >= 0.3 is 0 Å². The molecule has 0 unspecified atom stereocenters. The first kappa shape index (κ1) is 22.2. The summed E-state index contributed by atoms with van der Waals surface area (Å²) in [5, 5.41) is 0. The van der Waals surface area contributed by atoms with Gasteiger partial charge in [-0.2, -0.15) is 0 Å². The third-order valence-corrected chi connectivity index (χ3v) is 6.89. The van der Waals surface area contributed by atoms with E-state index in [2.05, 4.69) is 79.7 Å². The molecule has 0 aliphatic carbocycles. The summed E-state index contributed by atoms with van der Waals surface area (Å²) in [6, 6.07) is 8.91.